The molecule has 3 fully saturated rings. The second kappa shape index (κ2) is 11.0. The largest absolute Gasteiger partial charge is 0.368 e. The van der Waals surface area contributed by atoms with Crippen molar-refractivity contribution in [1.82, 2.24) is 20.0 Å². The van der Waals surface area contributed by atoms with Crippen LogP contribution in [0.2, 0.25) is 0 Å². The molecule has 3 aliphatic rings. The number of hydrogen-bond acceptors (Lipinski definition) is 4. The number of ether oxygens (including phenoxy) is 1. The first kappa shape index (κ1) is 21.4. The number of amides is 1. The van der Waals surface area contributed by atoms with Crippen LogP contribution in [-0.4, -0.2) is 98.7 Å². The van der Waals surface area contributed by atoms with E-state index in [1.807, 2.05) is 11.9 Å². The number of aliphatic imine (C=N–C) groups is 1. The van der Waals surface area contributed by atoms with Crippen molar-refractivity contribution < 1.29 is 9.53 Å². The molecule has 28 heavy (non-hydrogen) atoms. The summed E-state index contributed by atoms with van der Waals surface area (Å²) in [7, 11) is 1.85. The number of carbonyl (C=O) groups is 1. The Morgan fingerprint density at radius 3 is 2.54 bits per heavy atom. The van der Waals surface area contributed by atoms with E-state index in [1.165, 1.54) is 45.3 Å². The molecule has 3 aliphatic heterocycles. The summed E-state index contributed by atoms with van der Waals surface area (Å²) in [5.74, 6) is 2.00. The molecule has 0 saturated carbocycles. The van der Waals surface area contributed by atoms with Crippen molar-refractivity contribution in [2.75, 3.05) is 66.0 Å². The van der Waals surface area contributed by atoms with E-state index in [4.69, 9.17) is 4.74 Å². The van der Waals surface area contributed by atoms with Gasteiger partial charge in [0.1, 0.15) is 6.10 Å². The Bertz CT molecular complexity index is 513. The molecule has 0 aromatic carbocycles. The number of guanidine groups is 1. The first-order valence-electron chi connectivity index (χ1n) is 11.3. The second-order valence-electron chi connectivity index (χ2n) is 8.54. The maximum absolute atomic E-state index is 12.5. The molecule has 1 N–H and O–H groups in total. The average Bonchev–Trinajstić information content (AvgIpc) is 3.25. The summed E-state index contributed by atoms with van der Waals surface area (Å²) in [4.78, 5) is 23.8. The second-order valence-corrected chi connectivity index (χ2v) is 8.54. The van der Waals surface area contributed by atoms with Gasteiger partial charge in [0.15, 0.2) is 5.96 Å². The van der Waals surface area contributed by atoms with Crippen LogP contribution < -0.4 is 5.32 Å². The molecule has 1 amide bonds. The molecule has 0 aromatic heterocycles. The van der Waals surface area contributed by atoms with E-state index in [0.29, 0.717) is 0 Å². The van der Waals surface area contributed by atoms with Crippen LogP contribution in [0.1, 0.15) is 45.4 Å². The molecule has 7 heteroatoms. The lowest BCUT2D eigenvalue weighted by molar-refractivity contribution is -0.142. The molecule has 3 rings (SSSR count). The van der Waals surface area contributed by atoms with Gasteiger partial charge in [0, 0.05) is 52.9 Å². The lowest BCUT2D eigenvalue weighted by atomic mass is 10.0. The number of piperidine rings is 1. The minimum atomic E-state index is -0.202. The Morgan fingerprint density at radius 2 is 1.86 bits per heavy atom. The third-order valence-corrected chi connectivity index (χ3v) is 6.23. The van der Waals surface area contributed by atoms with Crippen LogP contribution in [0.5, 0.6) is 0 Å². The average molecular weight is 394 g/mol. The first-order chi connectivity index (χ1) is 13.7. The third kappa shape index (κ3) is 6.08. The quantitative estimate of drug-likeness (QED) is 0.420. The van der Waals surface area contributed by atoms with Gasteiger partial charge in [-0.15, -0.1) is 0 Å². The number of carbonyl (C=O) groups excluding carboxylic acids is 1. The molecule has 7 nitrogen and oxygen atoms in total. The van der Waals surface area contributed by atoms with E-state index >= 15 is 0 Å². The van der Waals surface area contributed by atoms with Crippen LogP contribution in [0.3, 0.4) is 0 Å². The molecule has 0 spiro atoms. The number of unbranched alkanes of at least 4 members (excludes halogenated alkanes) is 1. The van der Waals surface area contributed by atoms with E-state index in [9.17, 15) is 4.79 Å². The van der Waals surface area contributed by atoms with Crippen molar-refractivity contribution in [2.24, 2.45) is 10.9 Å². The van der Waals surface area contributed by atoms with Crippen LogP contribution in [0.4, 0.5) is 0 Å². The summed E-state index contributed by atoms with van der Waals surface area (Å²) in [6.45, 7) is 11.0. The Kier molecular flexibility index (Phi) is 8.40. The summed E-state index contributed by atoms with van der Waals surface area (Å²) in [6, 6.07) is 0. The monoisotopic (exact) mass is 393 g/mol. The number of nitrogens with zero attached hydrogens (tertiary/aromatic N) is 4. The van der Waals surface area contributed by atoms with Gasteiger partial charge in [-0.3, -0.25) is 9.79 Å². The van der Waals surface area contributed by atoms with Gasteiger partial charge in [0.05, 0.1) is 0 Å². The van der Waals surface area contributed by atoms with Crippen LogP contribution in [0.15, 0.2) is 4.99 Å². The van der Waals surface area contributed by atoms with Gasteiger partial charge in [-0.2, -0.15) is 0 Å². The smallest absolute Gasteiger partial charge is 0.251 e. The van der Waals surface area contributed by atoms with Crippen molar-refractivity contribution in [1.29, 1.82) is 0 Å². The molecule has 0 aromatic rings. The Balaban J connectivity index is 1.30. The molecule has 3 heterocycles. The van der Waals surface area contributed by atoms with Crippen LogP contribution in [-0.2, 0) is 9.53 Å². The molecule has 0 radical (unpaired) electrons. The maximum Gasteiger partial charge on any atom is 0.251 e. The Labute approximate surface area is 170 Å². The maximum atomic E-state index is 12.5. The van der Waals surface area contributed by atoms with Crippen LogP contribution in [0.25, 0.3) is 0 Å². The molecule has 160 valence electrons. The van der Waals surface area contributed by atoms with Crippen molar-refractivity contribution in [3.05, 3.63) is 0 Å². The van der Waals surface area contributed by atoms with Crippen molar-refractivity contribution in [2.45, 2.75) is 51.6 Å². The summed E-state index contributed by atoms with van der Waals surface area (Å²) < 4.78 is 5.54. The van der Waals surface area contributed by atoms with E-state index in [1.54, 1.807) is 0 Å². The van der Waals surface area contributed by atoms with Crippen LogP contribution >= 0.6 is 0 Å². The highest BCUT2D eigenvalue weighted by molar-refractivity contribution is 5.82. The normalized spacial score (nSPS) is 27.3. The number of hydrogen-bond donors (Lipinski definition) is 1. The topological polar surface area (TPSA) is 60.4 Å². The van der Waals surface area contributed by atoms with Crippen molar-refractivity contribution >= 4 is 11.9 Å². The van der Waals surface area contributed by atoms with E-state index < -0.39 is 0 Å². The van der Waals surface area contributed by atoms with Gasteiger partial charge >= 0.3 is 0 Å². The molecule has 2 atom stereocenters. The fourth-order valence-corrected chi connectivity index (χ4v) is 4.60. The first-order valence-corrected chi connectivity index (χ1v) is 11.3. The van der Waals surface area contributed by atoms with Gasteiger partial charge in [-0.25, -0.2) is 0 Å². The highest BCUT2D eigenvalue weighted by atomic mass is 16.5. The lowest BCUT2D eigenvalue weighted by Crippen LogP contribution is -2.55. The predicted octanol–water partition coefficient (Wildman–Crippen LogP) is 1.40. The molecule has 2 unspecified atom stereocenters. The lowest BCUT2D eigenvalue weighted by Gasteiger charge is -2.37. The standard InChI is InChI=1S/C21H39N5O2/c1-18-7-5-11-24(17-18)10-4-3-9-23-21(22-2)26-14-12-25(13-15-26)20(27)19-8-6-16-28-19/h18-19H,3-17H2,1-2H3,(H,22,23). The minimum absolute atomic E-state index is 0.173. The van der Waals surface area contributed by atoms with Gasteiger partial charge in [0.2, 0.25) is 0 Å². The van der Waals surface area contributed by atoms with Crippen molar-refractivity contribution in [3.8, 4) is 0 Å². The summed E-state index contributed by atoms with van der Waals surface area (Å²) in [5.41, 5.74) is 0. The van der Waals surface area contributed by atoms with Gasteiger partial charge in [-0.1, -0.05) is 6.92 Å². The molecular weight excluding hydrogens is 354 g/mol. The number of rotatable bonds is 6. The van der Waals surface area contributed by atoms with Gasteiger partial charge in [-0.05, 0) is 57.5 Å². The molecule has 0 bridgehead atoms. The van der Waals surface area contributed by atoms with Gasteiger partial charge < -0.3 is 24.8 Å². The third-order valence-electron chi connectivity index (χ3n) is 6.23. The molecule has 0 aliphatic carbocycles. The number of likely N-dealkylation sites (tertiary alicyclic amines) is 1. The zero-order valence-electron chi connectivity index (χ0n) is 17.9. The van der Waals surface area contributed by atoms with E-state index in [-0.39, 0.29) is 12.0 Å². The number of piperazine rings is 1. The fraction of sp³-hybridized carbons (Fsp3) is 0.905. The fourth-order valence-electron chi connectivity index (χ4n) is 4.60. The highest BCUT2D eigenvalue weighted by Gasteiger charge is 2.30. The van der Waals surface area contributed by atoms with Gasteiger partial charge in [0.25, 0.3) is 5.91 Å². The van der Waals surface area contributed by atoms with Crippen LogP contribution in [0, 0.1) is 5.92 Å². The molecular formula is C21H39N5O2. The zero-order chi connectivity index (χ0) is 19.8. The van der Waals surface area contributed by atoms with E-state index in [0.717, 1.165) is 64.0 Å². The number of nitrogens with one attached hydrogen (secondary N) is 1. The minimum Gasteiger partial charge on any atom is -0.368 e. The SMILES string of the molecule is CN=C(NCCCCN1CCCC(C)C1)N1CCN(C(=O)C2CCCO2)CC1. The summed E-state index contributed by atoms with van der Waals surface area (Å²) in [5, 5.41) is 3.51. The Hall–Kier alpha value is -1.34. The molecule has 3 saturated heterocycles. The Morgan fingerprint density at radius 1 is 1.07 bits per heavy atom. The highest BCUT2D eigenvalue weighted by Crippen LogP contribution is 2.17. The zero-order valence-corrected chi connectivity index (χ0v) is 17.9. The predicted molar refractivity (Wildman–Crippen MR) is 113 cm³/mol. The summed E-state index contributed by atoms with van der Waals surface area (Å²) in [6.07, 6.45) is 6.82. The summed E-state index contributed by atoms with van der Waals surface area (Å²) >= 11 is 0. The van der Waals surface area contributed by atoms with E-state index in [2.05, 4.69) is 27.0 Å². The van der Waals surface area contributed by atoms with Crippen molar-refractivity contribution in [3.63, 3.8) is 0 Å².